The van der Waals surface area contributed by atoms with Gasteiger partial charge in [-0.3, -0.25) is 0 Å². The first-order valence-electron chi connectivity index (χ1n) is 5.79. The smallest absolute Gasteiger partial charge is 0.123 e. The van der Waals surface area contributed by atoms with Crippen molar-refractivity contribution < 1.29 is 4.39 Å². The fourth-order valence-corrected chi connectivity index (χ4v) is 2.85. The van der Waals surface area contributed by atoms with E-state index in [0.717, 1.165) is 24.8 Å². The number of benzene rings is 1. The molecular formula is C13H17ClFN. The largest absolute Gasteiger partial charge is 0.330 e. The second kappa shape index (κ2) is 4.72. The van der Waals surface area contributed by atoms with E-state index < -0.39 is 0 Å². The van der Waals surface area contributed by atoms with Gasteiger partial charge in [0.1, 0.15) is 5.82 Å². The third-order valence-electron chi connectivity index (χ3n) is 3.67. The quantitative estimate of drug-likeness (QED) is 0.861. The van der Waals surface area contributed by atoms with Gasteiger partial charge in [0.05, 0.1) is 0 Å². The Labute approximate surface area is 101 Å². The van der Waals surface area contributed by atoms with Crippen molar-refractivity contribution >= 4 is 11.6 Å². The Balaban J connectivity index is 2.21. The van der Waals surface area contributed by atoms with Gasteiger partial charge in [-0.1, -0.05) is 24.4 Å². The zero-order valence-electron chi connectivity index (χ0n) is 9.31. The van der Waals surface area contributed by atoms with Gasteiger partial charge in [-0.2, -0.15) is 0 Å². The Morgan fingerprint density at radius 3 is 2.62 bits per heavy atom. The predicted molar refractivity (Wildman–Crippen MR) is 65.1 cm³/mol. The lowest BCUT2D eigenvalue weighted by molar-refractivity contribution is 0.306. The molecule has 0 radical (unpaired) electrons. The first-order valence-corrected chi connectivity index (χ1v) is 6.17. The molecule has 1 aliphatic rings. The molecule has 0 amide bonds. The molecule has 2 N–H and O–H groups in total. The summed E-state index contributed by atoms with van der Waals surface area (Å²) in [7, 11) is 0. The van der Waals surface area contributed by atoms with Crippen LogP contribution in [-0.4, -0.2) is 6.54 Å². The van der Waals surface area contributed by atoms with Crippen LogP contribution >= 0.6 is 11.6 Å². The molecule has 0 heterocycles. The van der Waals surface area contributed by atoms with Gasteiger partial charge in [-0.05, 0) is 55.0 Å². The maximum atomic E-state index is 13.2. The molecule has 88 valence electrons. The molecule has 16 heavy (non-hydrogen) atoms. The van der Waals surface area contributed by atoms with Gasteiger partial charge < -0.3 is 5.73 Å². The summed E-state index contributed by atoms with van der Waals surface area (Å²) in [5.74, 6) is -0.218. The van der Waals surface area contributed by atoms with Crippen LogP contribution in [0.1, 0.15) is 31.2 Å². The third-order valence-corrected chi connectivity index (χ3v) is 4.04. The molecule has 1 aromatic carbocycles. The minimum Gasteiger partial charge on any atom is -0.330 e. The van der Waals surface area contributed by atoms with Gasteiger partial charge in [-0.15, -0.1) is 0 Å². The van der Waals surface area contributed by atoms with Crippen molar-refractivity contribution in [2.75, 3.05) is 6.54 Å². The van der Waals surface area contributed by atoms with Crippen LogP contribution in [0.15, 0.2) is 18.2 Å². The number of halogens is 2. The molecule has 0 unspecified atom stereocenters. The molecule has 0 bridgehead atoms. The van der Waals surface area contributed by atoms with Crippen molar-refractivity contribution in [2.45, 2.75) is 32.1 Å². The molecular weight excluding hydrogens is 225 g/mol. The van der Waals surface area contributed by atoms with E-state index in [1.54, 1.807) is 6.07 Å². The highest BCUT2D eigenvalue weighted by molar-refractivity contribution is 6.31. The summed E-state index contributed by atoms with van der Waals surface area (Å²) in [6.07, 6.45) is 5.53. The van der Waals surface area contributed by atoms with E-state index >= 15 is 0 Å². The molecule has 0 saturated heterocycles. The minimum absolute atomic E-state index is 0.150. The van der Waals surface area contributed by atoms with Crippen molar-refractivity contribution in [3.8, 4) is 0 Å². The van der Waals surface area contributed by atoms with Gasteiger partial charge in [0.2, 0.25) is 0 Å². The SMILES string of the molecule is NCC1(Cc2cc(F)ccc2Cl)CCCC1. The highest BCUT2D eigenvalue weighted by atomic mass is 35.5. The second-order valence-corrected chi connectivity index (χ2v) is 5.23. The van der Waals surface area contributed by atoms with Crippen LogP contribution in [0.3, 0.4) is 0 Å². The van der Waals surface area contributed by atoms with Gasteiger partial charge in [-0.25, -0.2) is 4.39 Å². The summed E-state index contributed by atoms with van der Waals surface area (Å²) in [6.45, 7) is 0.667. The maximum absolute atomic E-state index is 13.2. The molecule has 0 spiro atoms. The average molecular weight is 242 g/mol. The number of rotatable bonds is 3. The number of nitrogens with two attached hydrogens (primary N) is 1. The standard InChI is InChI=1S/C13H17ClFN/c14-12-4-3-11(15)7-10(12)8-13(9-16)5-1-2-6-13/h3-4,7H,1-2,5-6,8-9,16H2. The topological polar surface area (TPSA) is 26.0 Å². The van der Waals surface area contributed by atoms with E-state index in [-0.39, 0.29) is 11.2 Å². The van der Waals surface area contributed by atoms with Crippen LogP contribution in [0, 0.1) is 11.2 Å². The fraction of sp³-hybridized carbons (Fsp3) is 0.538. The van der Waals surface area contributed by atoms with E-state index in [0.29, 0.717) is 11.6 Å². The van der Waals surface area contributed by atoms with Crippen LogP contribution in [0.25, 0.3) is 0 Å². The first-order chi connectivity index (χ1) is 7.65. The lowest BCUT2D eigenvalue weighted by atomic mass is 9.80. The van der Waals surface area contributed by atoms with Gasteiger partial charge >= 0.3 is 0 Å². The molecule has 1 saturated carbocycles. The van der Waals surface area contributed by atoms with Crippen LogP contribution < -0.4 is 5.73 Å². The summed E-state index contributed by atoms with van der Waals surface area (Å²) >= 11 is 6.09. The Kier molecular flexibility index (Phi) is 3.50. The van der Waals surface area contributed by atoms with Crippen molar-refractivity contribution in [2.24, 2.45) is 11.1 Å². The Morgan fingerprint density at radius 1 is 1.31 bits per heavy atom. The fourth-order valence-electron chi connectivity index (χ4n) is 2.66. The van der Waals surface area contributed by atoms with Gasteiger partial charge in [0.15, 0.2) is 0 Å². The monoisotopic (exact) mass is 241 g/mol. The maximum Gasteiger partial charge on any atom is 0.123 e. The van der Waals surface area contributed by atoms with Crippen LogP contribution in [0.4, 0.5) is 4.39 Å². The van der Waals surface area contributed by atoms with Gasteiger partial charge in [0.25, 0.3) is 0 Å². The lowest BCUT2D eigenvalue weighted by Crippen LogP contribution is -2.29. The van der Waals surface area contributed by atoms with Crippen LogP contribution in [0.2, 0.25) is 5.02 Å². The summed E-state index contributed by atoms with van der Waals surface area (Å²) in [5, 5.41) is 0.654. The van der Waals surface area contributed by atoms with Crippen molar-refractivity contribution in [1.82, 2.24) is 0 Å². The van der Waals surface area contributed by atoms with Crippen molar-refractivity contribution in [1.29, 1.82) is 0 Å². The third kappa shape index (κ3) is 2.38. The Bertz CT molecular complexity index is 372. The Hall–Kier alpha value is -0.600. The van der Waals surface area contributed by atoms with E-state index in [1.807, 2.05) is 0 Å². The van der Waals surface area contributed by atoms with E-state index in [4.69, 9.17) is 17.3 Å². The molecule has 1 aliphatic carbocycles. The van der Waals surface area contributed by atoms with E-state index in [2.05, 4.69) is 0 Å². The normalized spacial score (nSPS) is 18.9. The minimum atomic E-state index is -0.218. The second-order valence-electron chi connectivity index (χ2n) is 4.82. The molecule has 0 aromatic heterocycles. The van der Waals surface area contributed by atoms with Gasteiger partial charge in [0, 0.05) is 5.02 Å². The number of hydrogen-bond donors (Lipinski definition) is 1. The highest BCUT2D eigenvalue weighted by Crippen LogP contribution is 2.41. The zero-order valence-corrected chi connectivity index (χ0v) is 10.1. The van der Waals surface area contributed by atoms with Crippen molar-refractivity contribution in [3.63, 3.8) is 0 Å². The predicted octanol–water partition coefficient (Wildman–Crippen LogP) is 3.54. The lowest BCUT2D eigenvalue weighted by Gasteiger charge is -2.27. The van der Waals surface area contributed by atoms with E-state index in [1.165, 1.54) is 25.0 Å². The zero-order chi connectivity index (χ0) is 11.6. The molecule has 0 atom stereocenters. The van der Waals surface area contributed by atoms with Crippen LogP contribution in [-0.2, 0) is 6.42 Å². The summed E-state index contributed by atoms with van der Waals surface area (Å²) in [4.78, 5) is 0. The highest BCUT2D eigenvalue weighted by Gasteiger charge is 2.33. The Morgan fingerprint density at radius 2 is 2.00 bits per heavy atom. The first kappa shape index (κ1) is 11.9. The summed E-state index contributed by atoms with van der Waals surface area (Å²) in [6, 6.07) is 4.57. The number of hydrogen-bond acceptors (Lipinski definition) is 1. The van der Waals surface area contributed by atoms with E-state index in [9.17, 15) is 4.39 Å². The summed E-state index contributed by atoms with van der Waals surface area (Å²) < 4.78 is 13.2. The summed E-state index contributed by atoms with van der Waals surface area (Å²) in [5.41, 5.74) is 6.92. The molecule has 1 aromatic rings. The van der Waals surface area contributed by atoms with Crippen molar-refractivity contribution in [3.05, 3.63) is 34.6 Å². The molecule has 3 heteroatoms. The van der Waals surface area contributed by atoms with Crippen LogP contribution in [0.5, 0.6) is 0 Å². The molecule has 2 rings (SSSR count). The molecule has 0 aliphatic heterocycles. The molecule has 1 fully saturated rings. The average Bonchev–Trinajstić information content (AvgIpc) is 2.73. The molecule has 1 nitrogen and oxygen atoms in total.